The zero-order valence-electron chi connectivity index (χ0n) is 14.2. The van der Waals surface area contributed by atoms with E-state index in [1.165, 1.54) is 16.6 Å². The average molecular weight is 353 g/mol. The van der Waals surface area contributed by atoms with Gasteiger partial charge in [0.1, 0.15) is 0 Å². The number of carbonyl (C=O) groups is 1. The molecule has 0 aliphatic heterocycles. The second-order valence-electron chi connectivity index (χ2n) is 6.88. The number of hydrogen-bond donors (Lipinski definition) is 2. The van der Waals surface area contributed by atoms with Crippen molar-refractivity contribution >= 4 is 28.4 Å². The SMILES string of the molecule is Cc1ccccc1CC(=O)NC1CCc2[nH]c3ccc(Cl)cc3c2C1. The molecule has 0 fully saturated rings. The highest BCUT2D eigenvalue weighted by Crippen LogP contribution is 2.31. The van der Waals surface area contributed by atoms with Gasteiger partial charge in [0.25, 0.3) is 0 Å². The minimum atomic E-state index is 0.0978. The van der Waals surface area contributed by atoms with E-state index in [2.05, 4.69) is 10.3 Å². The molecular weight excluding hydrogens is 332 g/mol. The Labute approximate surface area is 152 Å². The summed E-state index contributed by atoms with van der Waals surface area (Å²) in [6.07, 6.45) is 3.22. The van der Waals surface area contributed by atoms with Crippen LogP contribution in [0.15, 0.2) is 42.5 Å². The third kappa shape index (κ3) is 3.29. The van der Waals surface area contributed by atoms with Gasteiger partial charge in [-0.3, -0.25) is 4.79 Å². The third-order valence-corrected chi connectivity index (χ3v) is 5.36. The zero-order valence-corrected chi connectivity index (χ0v) is 15.0. The van der Waals surface area contributed by atoms with Crippen molar-refractivity contribution in [3.8, 4) is 0 Å². The van der Waals surface area contributed by atoms with Crippen LogP contribution in [0.1, 0.15) is 28.8 Å². The molecule has 0 saturated carbocycles. The number of halogens is 1. The van der Waals surface area contributed by atoms with Gasteiger partial charge in [-0.1, -0.05) is 35.9 Å². The first-order valence-electron chi connectivity index (χ1n) is 8.73. The molecule has 1 aliphatic rings. The molecule has 3 nitrogen and oxygen atoms in total. The number of fused-ring (bicyclic) bond motifs is 3. The molecule has 1 atom stereocenters. The van der Waals surface area contributed by atoms with Crippen molar-refractivity contribution in [2.24, 2.45) is 0 Å². The summed E-state index contributed by atoms with van der Waals surface area (Å²) in [5.41, 5.74) is 5.96. The van der Waals surface area contributed by atoms with Crippen LogP contribution >= 0.6 is 11.6 Å². The molecule has 128 valence electrons. The van der Waals surface area contributed by atoms with Crippen molar-refractivity contribution in [2.45, 2.75) is 38.6 Å². The van der Waals surface area contributed by atoms with Gasteiger partial charge in [0.15, 0.2) is 0 Å². The highest BCUT2D eigenvalue weighted by molar-refractivity contribution is 6.31. The third-order valence-electron chi connectivity index (χ3n) is 5.13. The predicted octanol–water partition coefficient (Wildman–Crippen LogP) is 4.35. The Morgan fingerprint density at radius 3 is 2.96 bits per heavy atom. The normalized spacial score (nSPS) is 16.6. The Hall–Kier alpha value is -2.26. The first-order chi connectivity index (χ1) is 12.1. The van der Waals surface area contributed by atoms with E-state index in [1.807, 2.05) is 49.4 Å². The Bertz CT molecular complexity index is 944. The van der Waals surface area contributed by atoms with Gasteiger partial charge < -0.3 is 10.3 Å². The van der Waals surface area contributed by atoms with Crippen LogP contribution in [0.5, 0.6) is 0 Å². The molecule has 0 spiro atoms. The number of aryl methyl sites for hydroxylation is 2. The van der Waals surface area contributed by atoms with Crippen LogP contribution < -0.4 is 5.32 Å². The maximum atomic E-state index is 12.5. The second kappa shape index (κ2) is 6.57. The average Bonchev–Trinajstić information content (AvgIpc) is 2.94. The van der Waals surface area contributed by atoms with E-state index in [-0.39, 0.29) is 11.9 Å². The van der Waals surface area contributed by atoms with Gasteiger partial charge >= 0.3 is 0 Å². The van der Waals surface area contributed by atoms with Crippen LogP contribution in [0.25, 0.3) is 10.9 Å². The maximum Gasteiger partial charge on any atom is 0.224 e. The summed E-state index contributed by atoms with van der Waals surface area (Å²) in [6.45, 7) is 2.05. The Balaban J connectivity index is 1.49. The van der Waals surface area contributed by atoms with Gasteiger partial charge in [0, 0.05) is 27.7 Å². The van der Waals surface area contributed by atoms with Crippen molar-refractivity contribution < 1.29 is 4.79 Å². The lowest BCUT2D eigenvalue weighted by molar-refractivity contribution is -0.121. The van der Waals surface area contributed by atoms with Crippen LogP contribution in [0.3, 0.4) is 0 Å². The monoisotopic (exact) mass is 352 g/mol. The van der Waals surface area contributed by atoms with E-state index in [1.54, 1.807) is 0 Å². The van der Waals surface area contributed by atoms with Gasteiger partial charge in [-0.25, -0.2) is 0 Å². The molecule has 2 aromatic carbocycles. The van der Waals surface area contributed by atoms with Crippen LogP contribution in [-0.2, 0) is 24.1 Å². The summed E-state index contributed by atoms with van der Waals surface area (Å²) in [6, 6.07) is 14.2. The minimum Gasteiger partial charge on any atom is -0.358 e. The molecule has 1 unspecified atom stereocenters. The Morgan fingerprint density at radius 2 is 2.12 bits per heavy atom. The van der Waals surface area contributed by atoms with Crippen molar-refractivity contribution in [3.63, 3.8) is 0 Å². The summed E-state index contributed by atoms with van der Waals surface area (Å²) < 4.78 is 0. The number of carbonyl (C=O) groups excluding carboxylic acids is 1. The van der Waals surface area contributed by atoms with E-state index in [0.29, 0.717) is 6.42 Å². The number of aromatic nitrogens is 1. The van der Waals surface area contributed by atoms with E-state index < -0.39 is 0 Å². The number of amides is 1. The van der Waals surface area contributed by atoms with Gasteiger partial charge in [-0.2, -0.15) is 0 Å². The predicted molar refractivity (Wildman–Crippen MR) is 102 cm³/mol. The number of nitrogens with one attached hydrogen (secondary N) is 2. The first-order valence-corrected chi connectivity index (χ1v) is 9.11. The molecule has 25 heavy (non-hydrogen) atoms. The fourth-order valence-electron chi connectivity index (χ4n) is 3.77. The largest absolute Gasteiger partial charge is 0.358 e. The summed E-state index contributed by atoms with van der Waals surface area (Å²) in [7, 11) is 0. The van der Waals surface area contributed by atoms with Gasteiger partial charge in [-0.15, -0.1) is 0 Å². The van der Waals surface area contributed by atoms with E-state index in [9.17, 15) is 4.79 Å². The minimum absolute atomic E-state index is 0.0978. The molecule has 0 radical (unpaired) electrons. The molecule has 1 heterocycles. The van der Waals surface area contributed by atoms with E-state index in [4.69, 9.17) is 11.6 Å². The fourth-order valence-corrected chi connectivity index (χ4v) is 3.94. The highest BCUT2D eigenvalue weighted by Gasteiger charge is 2.24. The smallest absolute Gasteiger partial charge is 0.224 e. The summed E-state index contributed by atoms with van der Waals surface area (Å²) >= 11 is 6.16. The lowest BCUT2D eigenvalue weighted by Crippen LogP contribution is -2.39. The number of benzene rings is 2. The molecule has 1 aromatic heterocycles. The molecular formula is C21H21ClN2O. The van der Waals surface area contributed by atoms with Crippen LogP contribution in [-0.4, -0.2) is 16.9 Å². The molecule has 1 amide bonds. The summed E-state index contributed by atoms with van der Waals surface area (Å²) in [5.74, 6) is 0.0978. The van der Waals surface area contributed by atoms with Crippen LogP contribution in [0, 0.1) is 6.92 Å². The number of H-pyrrole nitrogens is 1. The molecule has 3 aromatic rings. The van der Waals surface area contributed by atoms with Crippen molar-refractivity contribution in [3.05, 3.63) is 69.9 Å². The van der Waals surface area contributed by atoms with Crippen LogP contribution in [0.2, 0.25) is 5.02 Å². The zero-order chi connectivity index (χ0) is 17.4. The van der Waals surface area contributed by atoms with Gasteiger partial charge in [-0.05, 0) is 61.1 Å². The quantitative estimate of drug-likeness (QED) is 0.723. The Morgan fingerprint density at radius 1 is 1.28 bits per heavy atom. The van der Waals surface area contributed by atoms with Crippen LogP contribution in [0.4, 0.5) is 0 Å². The molecule has 0 saturated heterocycles. The first kappa shape index (κ1) is 16.2. The summed E-state index contributed by atoms with van der Waals surface area (Å²) in [5, 5.41) is 5.15. The fraction of sp³-hybridized carbons (Fsp3) is 0.286. The highest BCUT2D eigenvalue weighted by atomic mass is 35.5. The second-order valence-corrected chi connectivity index (χ2v) is 7.32. The lowest BCUT2D eigenvalue weighted by Gasteiger charge is -2.24. The van der Waals surface area contributed by atoms with E-state index in [0.717, 1.165) is 40.9 Å². The Kier molecular flexibility index (Phi) is 4.26. The van der Waals surface area contributed by atoms with E-state index >= 15 is 0 Å². The number of aromatic amines is 1. The number of rotatable bonds is 3. The number of hydrogen-bond acceptors (Lipinski definition) is 1. The van der Waals surface area contributed by atoms with Gasteiger partial charge in [0.05, 0.1) is 6.42 Å². The molecule has 1 aliphatic carbocycles. The standard InChI is InChI=1S/C21H21ClN2O/c1-13-4-2-3-5-14(13)10-21(25)23-16-7-9-20-18(12-16)17-11-15(22)6-8-19(17)24-20/h2-6,8,11,16,24H,7,9-10,12H2,1H3,(H,23,25). The molecule has 4 heteroatoms. The maximum absolute atomic E-state index is 12.5. The van der Waals surface area contributed by atoms with Crippen molar-refractivity contribution in [1.82, 2.24) is 10.3 Å². The molecule has 0 bridgehead atoms. The topological polar surface area (TPSA) is 44.9 Å². The summed E-state index contributed by atoms with van der Waals surface area (Å²) in [4.78, 5) is 16.0. The molecule has 4 rings (SSSR count). The van der Waals surface area contributed by atoms with Gasteiger partial charge in [0.2, 0.25) is 5.91 Å². The lowest BCUT2D eigenvalue weighted by atomic mass is 9.91. The van der Waals surface area contributed by atoms with Crippen molar-refractivity contribution in [2.75, 3.05) is 0 Å². The molecule has 2 N–H and O–H groups in total. The van der Waals surface area contributed by atoms with Crippen molar-refractivity contribution in [1.29, 1.82) is 0 Å².